The van der Waals surface area contributed by atoms with Crippen molar-refractivity contribution in [2.24, 2.45) is 0 Å². The molecule has 0 aliphatic heterocycles. The summed E-state index contributed by atoms with van der Waals surface area (Å²) >= 11 is 0. The maximum Gasteiger partial charge on any atom is 0.330 e. The van der Waals surface area contributed by atoms with E-state index in [4.69, 9.17) is 10.5 Å². The Morgan fingerprint density at radius 1 is 1.03 bits per heavy atom. The van der Waals surface area contributed by atoms with E-state index >= 15 is 0 Å². The highest BCUT2D eigenvalue weighted by atomic mass is 19.2. The first kappa shape index (κ1) is 21.3. The molecule has 3 aromatic rings. The predicted octanol–water partition coefficient (Wildman–Crippen LogP) is 2.25. The average molecular weight is 416 g/mol. The Morgan fingerprint density at radius 2 is 1.73 bits per heavy atom. The molecule has 0 aliphatic carbocycles. The van der Waals surface area contributed by atoms with Gasteiger partial charge < -0.3 is 15.4 Å². The van der Waals surface area contributed by atoms with E-state index in [0.29, 0.717) is 5.56 Å². The minimum absolute atomic E-state index is 0.0284. The number of methoxy groups -OCH3 is 1. The van der Waals surface area contributed by atoms with Gasteiger partial charge in [-0.25, -0.2) is 13.6 Å². The van der Waals surface area contributed by atoms with Gasteiger partial charge in [0.15, 0.2) is 11.6 Å². The SMILES string of the molecule is COCCn1c(N)c(N(Cc2ccccc2)Cc2ccc(F)c(F)c2)c(=O)[nH]c1=O. The number of anilines is 2. The quantitative estimate of drug-likeness (QED) is 0.588. The molecule has 2 aromatic carbocycles. The van der Waals surface area contributed by atoms with Gasteiger partial charge in [-0.2, -0.15) is 0 Å². The van der Waals surface area contributed by atoms with Gasteiger partial charge in [0.1, 0.15) is 11.5 Å². The Labute approximate surface area is 171 Å². The number of nitrogens with two attached hydrogens (primary N) is 1. The van der Waals surface area contributed by atoms with E-state index in [-0.39, 0.29) is 37.7 Å². The number of ether oxygens (including phenoxy) is 1. The Balaban J connectivity index is 2.08. The van der Waals surface area contributed by atoms with E-state index in [1.807, 2.05) is 30.3 Å². The molecule has 7 nitrogen and oxygen atoms in total. The Hall–Kier alpha value is -3.46. The van der Waals surface area contributed by atoms with Gasteiger partial charge >= 0.3 is 5.69 Å². The van der Waals surface area contributed by atoms with Crippen molar-refractivity contribution in [3.05, 3.63) is 92.1 Å². The number of aromatic nitrogens is 2. The second-order valence-electron chi connectivity index (χ2n) is 6.73. The lowest BCUT2D eigenvalue weighted by Crippen LogP contribution is -2.38. The molecule has 1 heterocycles. The van der Waals surface area contributed by atoms with Gasteiger partial charge in [-0.05, 0) is 23.3 Å². The van der Waals surface area contributed by atoms with Crippen molar-refractivity contribution >= 4 is 11.5 Å². The summed E-state index contributed by atoms with van der Waals surface area (Å²) in [5.74, 6) is -1.97. The molecule has 0 radical (unpaired) electrons. The molecular formula is C21H22F2N4O3. The number of H-pyrrole nitrogens is 1. The summed E-state index contributed by atoms with van der Waals surface area (Å²) in [6.07, 6.45) is 0. The van der Waals surface area contributed by atoms with Crippen molar-refractivity contribution in [3.8, 4) is 0 Å². The fourth-order valence-electron chi connectivity index (χ4n) is 3.16. The van der Waals surface area contributed by atoms with Crippen molar-refractivity contribution in [2.45, 2.75) is 19.6 Å². The van der Waals surface area contributed by atoms with Crippen LogP contribution in [0.5, 0.6) is 0 Å². The molecule has 0 saturated heterocycles. The van der Waals surface area contributed by atoms with Crippen LogP contribution in [0.2, 0.25) is 0 Å². The zero-order valence-corrected chi connectivity index (χ0v) is 16.4. The van der Waals surface area contributed by atoms with E-state index in [0.717, 1.165) is 17.7 Å². The second kappa shape index (κ2) is 9.36. The van der Waals surface area contributed by atoms with Gasteiger partial charge in [0.25, 0.3) is 5.56 Å². The summed E-state index contributed by atoms with van der Waals surface area (Å²) in [5.41, 5.74) is 6.27. The van der Waals surface area contributed by atoms with Gasteiger partial charge in [-0.3, -0.25) is 14.3 Å². The zero-order chi connectivity index (χ0) is 21.7. The molecule has 0 amide bonds. The number of benzene rings is 2. The number of hydrogen-bond donors (Lipinski definition) is 2. The first-order chi connectivity index (χ1) is 14.4. The molecule has 0 unspecified atom stereocenters. The zero-order valence-electron chi connectivity index (χ0n) is 16.4. The third-order valence-electron chi connectivity index (χ3n) is 4.62. The molecule has 0 spiro atoms. The summed E-state index contributed by atoms with van der Waals surface area (Å²) in [7, 11) is 1.48. The molecule has 0 atom stereocenters. The first-order valence-corrected chi connectivity index (χ1v) is 9.25. The maximum absolute atomic E-state index is 13.7. The molecule has 0 saturated carbocycles. The van der Waals surface area contributed by atoms with Crippen molar-refractivity contribution in [3.63, 3.8) is 0 Å². The van der Waals surface area contributed by atoms with Crippen LogP contribution < -0.4 is 21.9 Å². The molecule has 3 N–H and O–H groups in total. The minimum atomic E-state index is -0.987. The van der Waals surface area contributed by atoms with Crippen LogP contribution >= 0.6 is 0 Å². The summed E-state index contributed by atoms with van der Waals surface area (Å²) < 4.78 is 33.3. The second-order valence-corrected chi connectivity index (χ2v) is 6.73. The number of nitrogen functional groups attached to an aromatic ring is 1. The van der Waals surface area contributed by atoms with E-state index in [1.165, 1.54) is 17.7 Å². The predicted molar refractivity (Wildman–Crippen MR) is 110 cm³/mol. The average Bonchev–Trinajstić information content (AvgIpc) is 2.71. The van der Waals surface area contributed by atoms with Crippen LogP contribution in [0.25, 0.3) is 0 Å². The number of rotatable bonds is 8. The van der Waals surface area contributed by atoms with Crippen molar-refractivity contribution in [2.75, 3.05) is 24.4 Å². The summed E-state index contributed by atoms with van der Waals surface area (Å²) in [4.78, 5) is 28.8. The Bertz CT molecular complexity index is 1130. The lowest BCUT2D eigenvalue weighted by molar-refractivity contribution is 0.186. The smallest absolute Gasteiger partial charge is 0.330 e. The summed E-state index contributed by atoms with van der Waals surface area (Å²) in [6.45, 7) is 0.699. The number of hydrogen-bond acceptors (Lipinski definition) is 5. The van der Waals surface area contributed by atoms with Crippen LogP contribution in [0.3, 0.4) is 0 Å². The van der Waals surface area contributed by atoms with Crippen molar-refractivity contribution < 1.29 is 13.5 Å². The first-order valence-electron chi connectivity index (χ1n) is 9.25. The number of halogens is 2. The highest BCUT2D eigenvalue weighted by Gasteiger charge is 2.20. The molecule has 3 rings (SSSR count). The van der Waals surface area contributed by atoms with Crippen molar-refractivity contribution in [1.82, 2.24) is 9.55 Å². The molecule has 0 aliphatic rings. The Kier molecular flexibility index (Phi) is 6.63. The Morgan fingerprint density at radius 3 is 2.40 bits per heavy atom. The molecule has 0 fully saturated rings. The van der Waals surface area contributed by atoms with Crippen LogP contribution in [0, 0.1) is 11.6 Å². The van der Waals surface area contributed by atoms with Crippen LogP contribution in [0.15, 0.2) is 58.1 Å². The largest absolute Gasteiger partial charge is 0.383 e. The molecule has 1 aromatic heterocycles. The minimum Gasteiger partial charge on any atom is -0.383 e. The monoisotopic (exact) mass is 416 g/mol. The highest BCUT2D eigenvalue weighted by molar-refractivity contribution is 5.62. The van der Waals surface area contributed by atoms with E-state index in [9.17, 15) is 18.4 Å². The van der Waals surface area contributed by atoms with E-state index in [2.05, 4.69) is 4.98 Å². The van der Waals surface area contributed by atoms with Crippen LogP contribution in [0.1, 0.15) is 11.1 Å². The number of nitrogens with one attached hydrogen (secondary N) is 1. The molecular weight excluding hydrogens is 394 g/mol. The molecule has 9 heteroatoms. The lowest BCUT2D eigenvalue weighted by Gasteiger charge is -2.26. The van der Waals surface area contributed by atoms with E-state index < -0.39 is 22.9 Å². The van der Waals surface area contributed by atoms with Gasteiger partial charge in [-0.1, -0.05) is 36.4 Å². The molecule has 0 bridgehead atoms. The highest BCUT2D eigenvalue weighted by Crippen LogP contribution is 2.22. The van der Waals surface area contributed by atoms with Gasteiger partial charge in [0, 0.05) is 20.2 Å². The van der Waals surface area contributed by atoms with Gasteiger partial charge in [0.2, 0.25) is 0 Å². The lowest BCUT2D eigenvalue weighted by atomic mass is 10.1. The van der Waals surface area contributed by atoms with Crippen LogP contribution in [-0.2, 0) is 24.4 Å². The summed E-state index contributed by atoms with van der Waals surface area (Å²) in [5, 5.41) is 0. The fraction of sp³-hybridized carbons (Fsp3) is 0.238. The van der Waals surface area contributed by atoms with Crippen molar-refractivity contribution in [1.29, 1.82) is 0 Å². The normalized spacial score (nSPS) is 10.9. The standard InChI is InChI=1S/C21H22F2N4O3/c1-30-10-9-27-19(24)18(20(28)25-21(27)29)26(12-14-5-3-2-4-6-14)13-15-7-8-16(22)17(23)11-15/h2-8,11H,9-10,12-13,24H2,1H3,(H,25,28,29). The van der Waals surface area contributed by atoms with Gasteiger partial charge in [-0.15, -0.1) is 0 Å². The third-order valence-corrected chi connectivity index (χ3v) is 4.62. The van der Waals surface area contributed by atoms with Crippen LogP contribution in [0.4, 0.5) is 20.3 Å². The maximum atomic E-state index is 13.7. The topological polar surface area (TPSA) is 93.3 Å². The molecule has 158 valence electrons. The molecule has 30 heavy (non-hydrogen) atoms. The fourth-order valence-corrected chi connectivity index (χ4v) is 3.16. The number of nitrogens with zero attached hydrogens (tertiary/aromatic N) is 2. The van der Waals surface area contributed by atoms with Gasteiger partial charge in [0.05, 0.1) is 13.2 Å². The van der Waals surface area contributed by atoms with E-state index in [1.54, 1.807) is 4.90 Å². The summed E-state index contributed by atoms with van der Waals surface area (Å²) in [6, 6.07) is 12.8. The third kappa shape index (κ3) is 4.74. The number of aromatic amines is 1. The van der Waals surface area contributed by atoms with Crippen LogP contribution in [-0.4, -0.2) is 23.3 Å².